The average Bonchev–Trinajstić information content (AvgIpc) is 3.65. The fourth-order valence-electron chi connectivity index (χ4n) is 4.40. The molecule has 1 saturated heterocycles. The number of hydrogen-bond acceptors (Lipinski definition) is 9. The smallest absolute Gasteiger partial charge is 0.353 e. The molecule has 1 atom stereocenters. The van der Waals surface area contributed by atoms with Crippen LogP contribution in [0.4, 0.5) is 19.0 Å². The second kappa shape index (κ2) is 8.71. The number of aromatic nitrogens is 8. The zero-order chi connectivity index (χ0) is 24.7. The highest BCUT2D eigenvalue weighted by molar-refractivity contribution is 5.59. The van der Waals surface area contributed by atoms with Crippen molar-refractivity contribution >= 4 is 11.5 Å². The first-order valence-electron chi connectivity index (χ1n) is 11.1. The molecule has 0 amide bonds. The molecule has 11 nitrogen and oxygen atoms in total. The van der Waals surface area contributed by atoms with Gasteiger partial charge in [0.15, 0.2) is 5.82 Å². The van der Waals surface area contributed by atoms with Crippen LogP contribution in [-0.4, -0.2) is 64.4 Å². The van der Waals surface area contributed by atoms with Crippen molar-refractivity contribution in [3.8, 4) is 11.5 Å². The lowest BCUT2D eigenvalue weighted by Gasteiger charge is -2.41. The number of nitrogens with zero attached hydrogens (tertiary/aromatic N) is 9. The fraction of sp³-hybridized carbons (Fsp3) is 0.273. The van der Waals surface area contributed by atoms with E-state index in [1.54, 1.807) is 24.7 Å². The van der Waals surface area contributed by atoms with Gasteiger partial charge in [-0.3, -0.25) is 14.4 Å². The summed E-state index contributed by atoms with van der Waals surface area (Å²) in [5.41, 5.74) is 1.72. The van der Waals surface area contributed by atoms with Crippen molar-refractivity contribution in [1.29, 1.82) is 0 Å². The van der Waals surface area contributed by atoms with E-state index in [4.69, 9.17) is 9.61 Å². The Bertz CT molecular complexity index is 1470. The zero-order valence-corrected chi connectivity index (χ0v) is 18.7. The van der Waals surface area contributed by atoms with Gasteiger partial charge in [0, 0.05) is 50.3 Å². The molecule has 0 saturated carbocycles. The van der Waals surface area contributed by atoms with E-state index >= 15 is 0 Å². The quantitative estimate of drug-likeness (QED) is 0.392. The summed E-state index contributed by atoms with van der Waals surface area (Å²) in [6, 6.07) is 4.11. The van der Waals surface area contributed by atoms with Crippen LogP contribution in [0.25, 0.3) is 17.2 Å². The first-order chi connectivity index (χ1) is 17.5. The molecular formula is C22H19F3N10O. The molecule has 184 valence electrons. The van der Waals surface area contributed by atoms with Gasteiger partial charge in [-0.15, -0.1) is 0 Å². The highest BCUT2D eigenvalue weighted by atomic mass is 19.4. The average molecular weight is 496 g/mol. The molecule has 5 aromatic rings. The van der Waals surface area contributed by atoms with Crippen molar-refractivity contribution < 1.29 is 17.8 Å². The molecular weight excluding hydrogens is 477 g/mol. The number of piperazine rings is 1. The molecule has 6 heterocycles. The van der Waals surface area contributed by atoms with Gasteiger partial charge in [0.05, 0.1) is 30.2 Å². The van der Waals surface area contributed by atoms with Crippen LogP contribution in [0, 0.1) is 0 Å². The lowest BCUT2D eigenvalue weighted by molar-refractivity contribution is -0.137. The van der Waals surface area contributed by atoms with Gasteiger partial charge in [0.2, 0.25) is 0 Å². The number of anilines is 1. The number of fused-ring (bicyclic) bond motifs is 1. The maximum absolute atomic E-state index is 13.3. The second-order valence-electron chi connectivity index (χ2n) is 8.39. The molecule has 14 heteroatoms. The normalized spacial score (nSPS) is 17.2. The van der Waals surface area contributed by atoms with Crippen LogP contribution in [0.15, 0.2) is 60.0 Å². The van der Waals surface area contributed by atoms with Gasteiger partial charge in [0.1, 0.15) is 22.9 Å². The van der Waals surface area contributed by atoms with Crippen LogP contribution >= 0.6 is 0 Å². The number of hydrogen-bond donors (Lipinski definition) is 1. The van der Waals surface area contributed by atoms with Crippen molar-refractivity contribution in [2.24, 2.45) is 0 Å². The number of alkyl halides is 3. The van der Waals surface area contributed by atoms with E-state index in [1.807, 2.05) is 6.20 Å². The predicted molar refractivity (Wildman–Crippen MR) is 119 cm³/mol. The highest BCUT2D eigenvalue weighted by Crippen LogP contribution is 2.32. The minimum Gasteiger partial charge on any atom is -0.353 e. The van der Waals surface area contributed by atoms with Crippen LogP contribution in [0.3, 0.4) is 0 Å². The first-order valence-corrected chi connectivity index (χ1v) is 11.1. The second-order valence-corrected chi connectivity index (χ2v) is 8.39. The van der Waals surface area contributed by atoms with E-state index in [2.05, 4.69) is 40.3 Å². The molecule has 36 heavy (non-hydrogen) atoms. The minimum atomic E-state index is -4.47. The van der Waals surface area contributed by atoms with Crippen molar-refractivity contribution in [2.75, 3.05) is 24.5 Å². The van der Waals surface area contributed by atoms with E-state index in [0.29, 0.717) is 43.3 Å². The van der Waals surface area contributed by atoms with E-state index in [-0.39, 0.29) is 11.9 Å². The highest BCUT2D eigenvalue weighted by Gasteiger charge is 2.32. The maximum atomic E-state index is 13.3. The molecule has 6 rings (SSSR count). The molecule has 0 aromatic carbocycles. The Hall–Kier alpha value is -4.33. The van der Waals surface area contributed by atoms with E-state index < -0.39 is 11.7 Å². The molecule has 1 fully saturated rings. The SMILES string of the molecule is FC(F)(F)c1ccc2ncc(-c3nccc(N4CCN(Cc5cnon5)C(c5cn[nH]c5)C4)n3)n2c1. The molecule has 1 aliphatic rings. The number of pyridine rings is 1. The Kier molecular flexibility index (Phi) is 5.36. The van der Waals surface area contributed by atoms with Crippen molar-refractivity contribution in [3.63, 3.8) is 0 Å². The summed E-state index contributed by atoms with van der Waals surface area (Å²) in [5, 5.41) is 14.6. The van der Waals surface area contributed by atoms with Crippen LogP contribution < -0.4 is 4.90 Å². The van der Waals surface area contributed by atoms with Gasteiger partial charge in [-0.25, -0.2) is 19.6 Å². The summed E-state index contributed by atoms with van der Waals surface area (Å²) >= 11 is 0. The monoisotopic (exact) mass is 496 g/mol. The van der Waals surface area contributed by atoms with Crippen LogP contribution in [0.1, 0.15) is 22.9 Å². The largest absolute Gasteiger partial charge is 0.417 e. The molecule has 5 aromatic heterocycles. The number of rotatable bonds is 5. The maximum Gasteiger partial charge on any atom is 0.417 e. The molecule has 1 N–H and O–H groups in total. The van der Waals surface area contributed by atoms with Gasteiger partial charge in [-0.05, 0) is 18.2 Å². The molecule has 0 spiro atoms. The third kappa shape index (κ3) is 4.15. The van der Waals surface area contributed by atoms with Crippen LogP contribution in [0.5, 0.6) is 0 Å². The Morgan fingerprint density at radius 3 is 2.78 bits per heavy atom. The molecule has 0 aliphatic carbocycles. The third-order valence-electron chi connectivity index (χ3n) is 6.19. The predicted octanol–water partition coefficient (Wildman–Crippen LogP) is 2.98. The molecule has 1 unspecified atom stereocenters. The lowest BCUT2D eigenvalue weighted by Crippen LogP contribution is -2.48. The molecule has 0 radical (unpaired) electrons. The van der Waals surface area contributed by atoms with Gasteiger partial charge in [0.25, 0.3) is 0 Å². The van der Waals surface area contributed by atoms with Gasteiger partial charge >= 0.3 is 6.18 Å². The minimum absolute atomic E-state index is 0.0160. The zero-order valence-electron chi connectivity index (χ0n) is 18.7. The summed E-state index contributed by atoms with van der Waals surface area (Å²) < 4.78 is 45.9. The summed E-state index contributed by atoms with van der Waals surface area (Å²) in [7, 11) is 0. The Balaban J connectivity index is 1.30. The number of nitrogens with one attached hydrogen (secondary N) is 1. The summed E-state index contributed by atoms with van der Waals surface area (Å²) in [6.45, 7) is 2.53. The summed E-state index contributed by atoms with van der Waals surface area (Å²) in [5.74, 6) is 0.952. The Labute approximate surface area is 201 Å². The van der Waals surface area contributed by atoms with E-state index in [9.17, 15) is 13.2 Å². The number of H-pyrrole nitrogens is 1. The molecule has 1 aliphatic heterocycles. The number of aromatic amines is 1. The third-order valence-corrected chi connectivity index (χ3v) is 6.19. The van der Waals surface area contributed by atoms with Gasteiger partial charge in [-0.1, -0.05) is 10.3 Å². The Morgan fingerprint density at radius 2 is 2.00 bits per heavy atom. The van der Waals surface area contributed by atoms with Crippen LogP contribution in [0.2, 0.25) is 0 Å². The summed E-state index contributed by atoms with van der Waals surface area (Å²) in [6.07, 6.45) is 4.85. The van der Waals surface area contributed by atoms with E-state index in [0.717, 1.165) is 23.5 Å². The van der Waals surface area contributed by atoms with Crippen LogP contribution in [-0.2, 0) is 12.7 Å². The van der Waals surface area contributed by atoms with E-state index in [1.165, 1.54) is 16.7 Å². The molecule has 0 bridgehead atoms. The number of imidazole rings is 1. The fourth-order valence-corrected chi connectivity index (χ4v) is 4.40. The lowest BCUT2D eigenvalue weighted by atomic mass is 10.1. The summed E-state index contributed by atoms with van der Waals surface area (Å²) in [4.78, 5) is 17.6. The number of halogens is 3. The first kappa shape index (κ1) is 22.2. The van der Waals surface area contributed by atoms with Gasteiger partial charge in [-0.2, -0.15) is 18.3 Å². The topological polar surface area (TPSA) is 117 Å². The van der Waals surface area contributed by atoms with Gasteiger partial charge < -0.3 is 4.90 Å². The Morgan fingerprint density at radius 1 is 1.08 bits per heavy atom. The van der Waals surface area contributed by atoms with Crippen molar-refractivity contribution in [3.05, 3.63) is 72.2 Å². The van der Waals surface area contributed by atoms with Crippen molar-refractivity contribution in [2.45, 2.75) is 18.8 Å². The van der Waals surface area contributed by atoms with Crippen molar-refractivity contribution in [1.82, 2.24) is 44.8 Å². The standard InChI is InChI=1S/C22H19F3N10O/c23-22(24,25)15-1-2-19-27-10-17(35(19)11-15)21-26-4-3-20(31-21)34-6-5-33(12-16-9-30-36-32-16)18(13-34)14-7-28-29-8-14/h1-4,7-11,18H,5-6,12-13H2,(H,28,29).